The van der Waals surface area contributed by atoms with E-state index in [2.05, 4.69) is 130 Å². The van der Waals surface area contributed by atoms with E-state index in [1.165, 1.54) is 109 Å². The fourth-order valence-corrected chi connectivity index (χ4v) is 16.2. The van der Waals surface area contributed by atoms with Crippen LogP contribution < -0.4 is 10.6 Å². The van der Waals surface area contributed by atoms with E-state index in [0.717, 1.165) is 122 Å². The zero-order valence-electron chi connectivity index (χ0n) is 59.4. The van der Waals surface area contributed by atoms with E-state index in [1.54, 1.807) is 0 Å². The molecule has 1 aromatic rings. The Hall–Kier alpha value is -4.18. The average Bonchev–Trinajstić information content (AvgIpc) is 0.814. The predicted molar refractivity (Wildman–Crippen MR) is 374 cm³/mol. The van der Waals surface area contributed by atoms with Gasteiger partial charge in [-0.25, -0.2) is 4.57 Å². The van der Waals surface area contributed by atoms with Crippen molar-refractivity contribution in [2.75, 3.05) is 113 Å². The number of piperazine rings is 4. The number of fused-ring (bicyclic) bond motifs is 4. The number of Topliss-reactive ketones (excluding diaryl/α,β-unsaturated/α-hetero) is 2. The van der Waals surface area contributed by atoms with Crippen molar-refractivity contribution in [3.8, 4) is 12.3 Å². The van der Waals surface area contributed by atoms with Gasteiger partial charge in [0.15, 0.2) is 5.78 Å². The van der Waals surface area contributed by atoms with Crippen LogP contribution in [0.1, 0.15) is 169 Å². The van der Waals surface area contributed by atoms with Gasteiger partial charge in [0.25, 0.3) is 5.78 Å². The molecule has 3 amide bonds. The van der Waals surface area contributed by atoms with Crippen molar-refractivity contribution in [1.82, 2.24) is 54.8 Å². The molecule has 1 aromatic heterocycles. The fourth-order valence-electron chi connectivity index (χ4n) is 14.9. The summed E-state index contributed by atoms with van der Waals surface area (Å²) in [5.74, 6) is 2.27. The second-order valence-corrected chi connectivity index (χ2v) is 30.0. The van der Waals surface area contributed by atoms with Gasteiger partial charge in [-0.3, -0.25) is 43.7 Å². The van der Waals surface area contributed by atoms with Crippen LogP contribution in [0, 0.1) is 31.7 Å². The number of amides is 3. The van der Waals surface area contributed by atoms with Gasteiger partial charge >= 0.3 is 13.0 Å². The molecule has 0 spiro atoms. The molecular formula is C69H120BrN13O10P+. The third kappa shape index (κ3) is 25.9. The number of likely N-dealkylation sites (N-methyl/N-ethyl adjacent to an activating group) is 3. The van der Waals surface area contributed by atoms with Crippen molar-refractivity contribution >= 4 is 64.6 Å². The maximum absolute atomic E-state index is 11.6. The van der Waals surface area contributed by atoms with Crippen LogP contribution in [0.3, 0.4) is 0 Å². The molecule has 0 aliphatic carbocycles. The highest BCUT2D eigenvalue weighted by atomic mass is 79.9. The summed E-state index contributed by atoms with van der Waals surface area (Å²) in [6.07, 6.45) is 27.8. The van der Waals surface area contributed by atoms with Crippen molar-refractivity contribution < 1.29 is 52.3 Å². The molecule has 10 aliphatic heterocycles. The van der Waals surface area contributed by atoms with Gasteiger partial charge in [0.1, 0.15) is 12.3 Å². The van der Waals surface area contributed by atoms with Gasteiger partial charge in [-0.15, -0.1) is 6.42 Å². The third-order valence-electron chi connectivity index (χ3n) is 19.9. The maximum Gasteiger partial charge on any atom is 0.492 e. The van der Waals surface area contributed by atoms with Gasteiger partial charge in [-0.2, -0.15) is 0 Å². The number of carbonyl (C=O) groups is 6. The Balaban J connectivity index is 0.000000230. The molecule has 25 heteroatoms. The number of nitrogens with one attached hydrogen (secondary N) is 3. The quantitative estimate of drug-likeness (QED) is 0.0395. The van der Waals surface area contributed by atoms with Crippen LogP contribution >= 0.6 is 23.5 Å². The minimum absolute atomic E-state index is 0.0252. The highest BCUT2D eigenvalue weighted by Gasteiger charge is 2.45. The van der Waals surface area contributed by atoms with Crippen LogP contribution in [0.15, 0.2) is 18.2 Å². The number of hydrogen-bond acceptors (Lipinski definition) is 19. The highest BCUT2D eigenvalue weighted by molar-refractivity contribution is 9.09. The number of pyridine rings is 1. The highest BCUT2D eigenvalue weighted by Crippen LogP contribution is 2.47. The standard InChI is InChI=1S/C11H18N2.C10H14N2O3.C10H20N2O.C10H18N2O.C9H16BrNO.C7H15N.C7H9N.C5H10N2O4P/c1-3-10-5-4-6-11-9-12(2)7-8-13(10)11;1-6(13)7-3-2-4-8-10(15)11-5-9(14)12(7)8;2*1-11-5-6-12-9(7-11)3-2-4-10(12)8-13;1-7-4-3-5-8(2)11(7)9(12)6-10;2*1-6-4-3-5-7(2)8-6;1-4(8)5(7-6)12(9,10-2)11-3/h1,10-11H,4-9H2,2H3;7-8H,2-5H2,1H3,(H,11,15);9-10,13H,2-8H2,1H3;8-10H,2-7H2,1H3;7-8H,3-6H2,1-2H3;6-8H,3-5H2,1-2H3;3-5H,1-2H3;6H,1-3H3/q;;;;;;;+1/t10-,11-;7-,8+;2*9-,10+;7-,8+;6-,7+;;/m0100..../s1. The van der Waals surface area contributed by atoms with Crippen molar-refractivity contribution in [2.24, 2.45) is 0 Å². The number of ketones is 2. The Bertz CT molecular complexity index is 2620. The minimum atomic E-state index is -3.63. The number of aldehydes is 1. The lowest BCUT2D eigenvalue weighted by atomic mass is 9.91. The smallest absolute Gasteiger partial charge is 0.395 e. The summed E-state index contributed by atoms with van der Waals surface area (Å²) < 4.78 is 20.3. The lowest BCUT2D eigenvalue weighted by molar-refractivity contribution is -0.153. The first-order chi connectivity index (χ1) is 44.8. The van der Waals surface area contributed by atoms with Gasteiger partial charge in [0.05, 0.1) is 46.9 Å². The van der Waals surface area contributed by atoms with Gasteiger partial charge in [0, 0.05) is 140 Å². The Morgan fingerprint density at radius 3 is 1.67 bits per heavy atom. The number of hydrogen-bond donors (Lipinski definition) is 4. The fraction of sp³-hybridized carbons (Fsp3) is 0.797. The average molecular weight is 1400 g/mol. The summed E-state index contributed by atoms with van der Waals surface area (Å²) in [7, 11) is 5.18. The molecule has 532 valence electrons. The summed E-state index contributed by atoms with van der Waals surface area (Å²) in [6.45, 7) is 26.1. The zero-order chi connectivity index (χ0) is 69.7. The van der Waals surface area contributed by atoms with Crippen LogP contribution in [0.5, 0.6) is 0 Å². The van der Waals surface area contributed by atoms with E-state index >= 15 is 0 Å². The number of terminal acetylenes is 1. The van der Waals surface area contributed by atoms with E-state index in [9.17, 15) is 38.4 Å². The van der Waals surface area contributed by atoms with Gasteiger partial charge in [-0.1, -0.05) is 40.8 Å². The summed E-state index contributed by atoms with van der Waals surface area (Å²) >= 11 is 3.21. The summed E-state index contributed by atoms with van der Waals surface area (Å²) in [4.78, 5) is 92.7. The Labute approximate surface area is 572 Å². The van der Waals surface area contributed by atoms with E-state index < -0.39 is 24.9 Å². The molecule has 0 aromatic carbocycles. The Kier molecular flexibility index (Phi) is 37.3. The molecule has 23 nitrogen and oxygen atoms in total. The molecule has 10 fully saturated rings. The molecule has 0 radical (unpaired) electrons. The zero-order valence-corrected chi connectivity index (χ0v) is 61.9. The Morgan fingerprint density at radius 1 is 0.734 bits per heavy atom. The third-order valence-corrected chi connectivity index (χ3v) is 22.3. The largest absolute Gasteiger partial charge is 0.492 e. The molecule has 11 heterocycles. The number of aliphatic hydroxyl groups excluding tert-OH is 1. The molecule has 94 heavy (non-hydrogen) atoms. The molecule has 0 bridgehead atoms. The van der Waals surface area contributed by atoms with Crippen LogP contribution in [0.25, 0.3) is 0 Å². The number of piperidine rings is 6. The first-order valence-corrected chi connectivity index (χ1v) is 37.4. The number of alkyl halides is 1. The van der Waals surface area contributed by atoms with Crippen molar-refractivity contribution in [1.29, 1.82) is 5.53 Å². The number of aryl methyl sites for hydroxylation is 2. The summed E-state index contributed by atoms with van der Waals surface area (Å²) in [6, 6.07) is 10.7. The lowest BCUT2D eigenvalue weighted by Crippen LogP contribution is -2.64. The number of carbonyl (C=O) groups excluding carboxylic acids is 6. The number of likely N-dealkylation sites (tertiary alicyclic amines) is 1. The molecule has 0 saturated carbocycles. The molecule has 11 rings (SSSR count). The van der Waals surface area contributed by atoms with E-state index in [-0.39, 0.29) is 42.1 Å². The van der Waals surface area contributed by atoms with Crippen molar-refractivity contribution in [3.63, 3.8) is 0 Å². The molecule has 10 aliphatic rings. The van der Waals surface area contributed by atoms with E-state index in [1.807, 2.05) is 36.9 Å². The first-order valence-electron chi connectivity index (χ1n) is 34.8. The normalized spacial score (nSPS) is 29.7. The van der Waals surface area contributed by atoms with Crippen LogP contribution in [0.2, 0.25) is 0 Å². The second-order valence-electron chi connectivity index (χ2n) is 27.3. The summed E-state index contributed by atoms with van der Waals surface area (Å²) in [5.41, 5.74) is 8.27. The van der Waals surface area contributed by atoms with Crippen molar-refractivity contribution in [2.45, 2.75) is 243 Å². The lowest BCUT2D eigenvalue weighted by Gasteiger charge is -2.47. The predicted octanol–water partition coefficient (Wildman–Crippen LogP) is 6.85. The van der Waals surface area contributed by atoms with Crippen LogP contribution in [-0.2, 0) is 42.4 Å². The Morgan fingerprint density at radius 2 is 1.22 bits per heavy atom. The molecule has 10 saturated heterocycles. The first kappa shape index (κ1) is 82.2. The molecule has 12 atom stereocenters. The van der Waals surface area contributed by atoms with Gasteiger partial charge in [-0.05, 0) is 184 Å². The summed E-state index contributed by atoms with van der Waals surface area (Å²) in [5, 5.41) is 15.7. The molecule has 0 unspecified atom stereocenters. The van der Waals surface area contributed by atoms with Crippen LogP contribution in [0.4, 0.5) is 0 Å². The number of aromatic nitrogens is 1. The molecular weight excluding hydrogens is 1280 g/mol. The topological polar surface area (TPSA) is 259 Å². The number of aliphatic hydroxyl groups is 1. The number of halogens is 1. The van der Waals surface area contributed by atoms with Crippen LogP contribution in [-0.4, -0.2) is 280 Å². The maximum atomic E-state index is 11.6. The van der Waals surface area contributed by atoms with Gasteiger partial charge < -0.3 is 54.1 Å². The second kappa shape index (κ2) is 42.6. The van der Waals surface area contributed by atoms with Gasteiger partial charge in [0.2, 0.25) is 17.7 Å². The van der Waals surface area contributed by atoms with E-state index in [0.29, 0.717) is 61.0 Å². The van der Waals surface area contributed by atoms with E-state index in [4.69, 9.17) is 12.0 Å². The van der Waals surface area contributed by atoms with Crippen molar-refractivity contribution in [3.05, 3.63) is 29.6 Å². The molecule has 4 N–H and O–H groups in total. The number of rotatable bonds is 8. The monoisotopic (exact) mass is 1400 g/mol. The number of nitrogens with zero attached hydrogens (tertiary/aromatic N) is 10. The minimum Gasteiger partial charge on any atom is -0.395 e. The SMILES string of the molecule is C#C[C@H]1CCC[C@H]2CN(C)CCN21.CC(=O)[C@H]1CCC[C@H]2C(=O)NCC(=O)N12.CN1CCN2[C@@H](CCC[C@@H]2C=O)C1.CN1CCN2[C@@H](CO)CCC[C@H]2C1.COP(=O)(OC)C(=[N+]=N)C(C)=O.C[C@@H]1CCC[C@H](C)N1.C[C@@H]1CCC[C@H](C)N1C(=O)CBr.Cc1cccc(C)n1.